The average molecular weight is 246 g/mol. The van der Waals surface area contributed by atoms with Crippen LogP contribution in [-0.4, -0.2) is 31.1 Å². The van der Waals surface area contributed by atoms with E-state index < -0.39 is 0 Å². The van der Waals surface area contributed by atoms with Gasteiger partial charge in [0.15, 0.2) is 0 Å². The maximum atomic E-state index is 5.57. The van der Waals surface area contributed by atoms with Gasteiger partial charge in [-0.25, -0.2) is 0 Å². The van der Waals surface area contributed by atoms with Gasteiger partial charge >= 0.3 is 0 Å². The van der Waals surface area contributed by atoms with Crippen LogP contribution in [-0.2, 0) is 0 Å². The maximum Gasteiger partial charge on any atom is -0.000671 e. The van der Waals surface area contributed by atoms with Gasteiger partial charge in [-0.1, -0.05) is 18.2 Å². The minimum Gasteiger partial charge on any atom is -0.330 e. The molecule has 0 amide bonds. The quantitative estimate of drug-likeness (QED) is 0.885. The fraction of sp³-hybridized carbons (Fsp3) is 0.625. The van der Waals surface area contributed by atoms with Gasteiger partial charge in [0.1, 0.15) is 0 Å². The van der Waals surface area contributed by atoms with Crippen LogP contribution in [0.25, 0.3) is 0 Å². The maximum absolute atomic E-state index is 5.57. The minimum absolute atomic E-state index is 0.762. The molecule has 100 valence electrons. The number of rotatable bonds is 4. The van der Waals surface area contributed by atoms with Crippen LogP contribution in [0.5, 0.6) is 0 Å². The van der Waals surface area contributed by atoms with E-state index in [9.17, 15) is 0 Å². The molecule has 0 spiro atoms. The summed E-state index contributed by atoms with van der Waals surface area (Å²) in [6.07, 6.45) is 3.73. The van der Waals surface area contributed by atoms with Gasteiger partial charge in [-0.3, -0.25) is 0 Å². The molecule has 0 aliphatic carbocycles. The molecule has 1 heterocycles. The van der Waals surface area contributed by atoms with Crippen molar-refractivity contribution in [1.29, 1.82) is 0 Å². The summed E-state index contributed by atoms with van der Waals surface area (Å²) in [5, 5.41) is 0. The third kappa shape index (κ3) is 3.33. The van der Waals surface area contributed by atoms with Crippen LogP contribution in [0.1, 0.15) is 41.9 Å². The second-order valence-electron chi connectivity index (χ2n) is 5.60. The molecular formula is C16H26N2. The molecule has 1 aliphatic heterocycles. The van der Waals surface area contributed by atoms with Crippen molar-refractivity contribution >= 4 is 0 Å². The van der Waals surface area contributed by atoms with Crippen molar-refractivity contribution in [1.82, 2.24) is 4.90 Å². The van der Waals surface area contributed by atoms with Crippen LogP contribution in [0.3, 0.4) is 0 Å². The zero-order chi connectivity index (χ0) is 13.0. The number of nitrogens with two attached hydrogens (primary N) is 1. The lowest BCUT2D eigenvalue weighted by molar-refractivity contribution is 0.211. The topological polar surface area (TPSA) is 29.3 Å². The smallest absolute Gasteiger partial charge is 0.000671 e. The largest absolute Gasteiger partial charge is 0.330 e. The molecule has 18 heavy (non-hydrogen) atoms. The highest BCUT2D eigenvalue weighted by Gasteiger charge is 2.20. The summed E-state index contributed by atoms with van der Waals surface area (Å²) in [4.78, 5) is 2.56. The molecule has 0 radical (unpaired) electrons. The zero-order valence-corrected chi connectivity index (χ0v) is 11.8. The molecule has 2 rings (SSSR count). The number of likely N-dealkylation sites (tertiary alicyclic amines) is 1. The fourth-order valence-electron chi connectivity index (χ4n) is 2.82. The number of hydrogen-bond donors (Lipinski definition) is 1. The minimum atomic E-state index is 0.762. The predicted molar refractivity (Wildman–Crippen MR) is 78.0 cm³/mol. The molecule has 0 aromatic heterocycles. The SMILES string of the molecule is Cc1ccc(C2CCN(CCCN)CC2)cc1C. The van der Waals surface area contributed by atoms with Gasteiger partial charge in [-0.15, -0.1) is 0 Å². The molecule has 0 atom stereocenters. The Morgan fingerprint density at radius 1 is 1.17 bits per heavy atom. The Bertz CT molecular complexity index is 379. The van der Waals surface area contributed by atoms with Gasteiger partial charge < -0.3 is 10.6 Å². The van der Waals surface area contributed by atoms with Crippen LogP contribution >= 0.6 is 0 Å². The Hall–Kier alpha value is -0.860. The van der Waals surface area contributed by atoms with Crippen LogP contribution < -0.4 is 5.73 Å². The molecule has 2 N–H and O–H groups in total. The Kier molecular flexibility index (Phi) is 4.79. The van der Waals surface area contributed by atoms with E-state index in [0.717, 1.165) is 18.9 Å². The molecular weight excluding hydrogens is 220 g/mol. The lowest BCUT2D eigenvalue weighted by Crippen LogP contribution is -2.34. The van der Waals surface area contributed by atoms with E-state index in [0.29, 0.717) is 0 Å². The highest BCUT2D eigenvalue weighted by molar-refractivity contribution is 5.32. The summed E-state index contributed by atoms with van der Waals surface area (Å²) in [6, 6.07) is 6.98. The van der Waals surface area contributed by atoms with Crippen LogP contribution in [0.2, 0.25) is 0 Å². The van der Waals surface area contributed by atoms with Crippen LogP contribution in [0.4, 0.5) is 0 Å². The molecule has 0 bridgehead atoms. The molecule has 1 aliphatic rings. The molecule has 2 nitrogen and oxygen atoms in total. The van der Waals surface area contributed by atoms with E-state index in [4.69, 9.17) is 5.73 Å². The van der Waals surface area contributed by atoms with Crippen molar-refractivity contribution in [2.45, 2.75) is 39.0 Å². The van der Waals surface area contributed by atoms with Gasteiger partial charge in [0.05, 0.1) is 0 Å². The number of hydrogen-bond acceptors (Lipinski definition) is 2. The zero-order valence-electron chi connectivity index (χ0n) is 11.8. The lowest BCUT2D eigenvalue weighted by Gasteiger charge is -2.32. The van der Waals surface area contributed by atoms with Gasteiger partial charge in [0.2, 0.25) is 0 Å². The van der Waals surface area contributed by atoms with E-state index in [1.54, 1.807) is 0 Å². The summed E-state index contributed by atoms with van der Waals surface area (Å²) >= 11 is 0. The summed E-state index contributed by atoms with van der Waals surface area (Å²) in [5.41, 5.74) is 9.94. The van der Waals surface area contributed by atoms with Gasteiger partial charge in [0, 0.05) is 0 Å². The summed E-state index contributed by atoms with van der Waals surface area (Å²) in [7, 11) is 0. The van der Waals surface area contributed by atoms with E-state index in [2.05, 4.69) is 36.9 Å². The third-order valence-electron chi connectivity index (χ3n) is 4.27. The molecule has 2 heteroatoms. The van der Waals surface area contributed by atoms with Crippen molar-refractivity contribution in [2.75, 3.05) is 26.2 Å². The fourth-order valence-corrected chi connectivity index (χ4v) is 2.82. The first kappa shape index (κ1) is 13.6. The Morgan fingerprint density at radius 2 is 1.89 bits per heavy atom. The molecule has 0 unspecified atom stereocenters. The number of aryl methyl sites for hydroxylation is 2. The second kappa shape index (κ2) is 6.35. The molecule has 1 aromatic rings. The van der Waals surface area contributed by atoms with Crippen LogP contribution in [0.15, 0.2) is 18.2 Å². The summed E-state index contributed by atoms with van der Waals surface area (Å²) < 4.78 is 0. The van der Waals surface area contributed by atoms with E-state index in [-0.39, 0.29) is 0 Å². The van der Waals surface area contributed by atoms with Crippen LogP contribution in [0, 0.1) is 13.8 Å². The second-order valence-corrected chi connectivity index (χ2v) is 5.60. The first-order valence-corrected chi connectivity index (χ1v) is 7.20. The molecule has 1 aromatic carbocycles. The van der Waals surface area contributed by atoms with Crippen molar-refractivity contribution < 1.29 is 0 Å². The Labute approximate surface area is 111 Å². The van der Waals surface area contributed by atoms with E-state index in [1.807, 2.05) is 0 Å². The highest BCUT2D eigenvalue weighted by atomic mass is 15.1. The number of benzene rings is 1. The highest BCUT2D eigenvalue weighted by Crippen LogP contribution is 2.29. The van der Waals surface area contributed by atoms with E-state index >= 15 is 0 Å². The van der Waals surface area contributed by atoms with Gasteiger partial charge in [-0.05, 0) is 81.9 Å². The van der Waals surface area contributed by atoms with Crippen molar-refractivity contribution in [3.8, 4) is 0 Å². The molecule has 0 saturated carbocycles. The summed E-state index contributed by atoms with van der Waals surface area (Å²) in [5.74, 6) is 0.762. The van der Waals surface area contributed by atoms with Crippen molar-refractivity contribution in [3.05, 3.63) is 34.9 Å². The monoisotopic (exact) mass is 246 g/mol. The molecule has 1 fully saturated rings. The normalized spacial score (nSPS) is 18.2. The predicted octanol–water partition coefficient (Wildman–Crippen LogP) is 2.83. The third-order valence-corrected chi connectivity index (χ3v) is 4.27. The van der Waals surface area contributed by atoms with Gasteiger partial charge in [0.25, 0.3) is 0 Å². The first-order chi connectivity index (χ1) is 8.70. The Balaban J connectivity index is 1.90. The standard InChI is InChI=1S/C16H26N2/c1-13-4-5-16(12-14(13)2)15-6-10-18(11-7-15)9-3-8-17/h4-5,12,15H,3,6-11,17H2,1-2H3. The first-order valence-electron chi connectivity index (χ1n) is 7.20. The lowest BCUT2D eigenvalue weighted by atomic mass is 9.88. The van der Waals surface area contributed by atoms with Gasteiger partial charge in [-0.2, -0.15) is 0 Å². The Morgan fingerprint density at radius 3 is 2.50 bits per heavy atom. The van der Waals surface area contributed by atoms with Crippen molar-refractivity contribution in [3.63, 3.8) is 0 Å². The molecule has 1 saturated heterocycles. The van der Waals surface area contributed by atoms with E-state index in [1.165, 1.54) is 49.2 Å². The summed E-state index contributed by atoms with van der Waals surface area (Å²) in [6.45, 7) is 8.87. The number of piperidine rings is 1. The number of nitrogens with zero attached hydrogens (tertiary/aromatic N) is 1. The average Bonchev–Trinajstić information content (AvgIpc) is 2.40. The van der Waals surface area contributed by atoms with Crippen molar-refractivity contribution in [2.24, 2.45) is 5.73 Å².